The molecule has 0 aromatic heterocycles. The quantitative estimate of drug-likeness (QED) is 0.538. The lowest BCUT2D eigenvalue weighted by atomic mass is 10.1. The Labute approximate surface area is 185 Å². The molecule has 164 valence electrons. The topological polar surface area (TPSA) is 87.5 Å². The minimum Gasteiger partial charge on any atom is -0.346 e. The van der Waals surface area contributed by atoms with Gasteiger partial charge in [0.2, 0.25) is 11.8 Å². The largest absolute Gasteiger partial charge is 0.346 e. The molecule has 0 radical (unpaired) electrons. The normalized spacial score (nSPS) is 10.4. The van der Waals surface area contributed by atoms with E-state index < -0.39 is 0 Å². The Hall–Kier alpha value is -2.41. The summed E-state index contributed by atoms with van der Waals surface area (Å²) in [5, 5.41) is 5.61. The van der Waals surface area contributed by atoms with Crippen LogP contribution in [0.2, 0.25) is 0 Å². The van der Waals surface area contributed by atoms with Crippen molar-refractivity contribution in [2.24, 2.45) is 5.73 Å². The maximum atomic E-state index is 12.3. The van der Waals surface area contributed by atoms with Crippen molar-refractivity contribution >= 4 is 29.9 Å². The van der Waals surface area contributed by atoms with E-state index in [0.29, 0.717) is 13.1 Å². The lowest BCUT2D eigenvalue weighted by molar-refractivity contribution is -0.125. The molecule has 0 aliphatic rings. The van der Waals surface area contributed by atoms with Crippen molar-refractivity contribution in [2.75, 3.05) is 38.0 Å². The number of rotatable bonds is 10. The fourth-order valence-corrected chi connectivity index (χ4v) is 3.38. The SMILES string of the molecule is Cc1cc(C)c(NC(=O)CNC(=O)CN(CCN)CCc2ccccc2)c(C)c1.Cl. The summed E-state index contributed by atoms with van der Waals surface area (Å²) in [7, 11) is 0. The number of nitrogens with two attached hydrogens (primary N) is 1. The van der Waals surface area contributed by atoms with E-state index in [2.05, 4.69) is 22.8 Å². The summed E-state index contributed by atoms with van der Waals surface area (Å²) in [6.45, 7) is 7.97. The first-order valence-electron chi connectivity index (χ1n) is 9.99. The Balaban J connectivity index is 0.00000450. The Bertz CT molecular complexity index is 804. The van der Waals surface area contributed by atoms with Gasteiger partial charge in [-0.2, -0.15) is 0 Å². The van der Waals surface area contributed by atoms with Crippen LogP contribution in [0, 0.1) is 20.8 Å². The molecule has 0 atom stereocenters. The van der Waals surface area contributed by atoms with E-state index >= 15 is 0 Å². The first-order valence-corrected chi connectivity index (χ1v) is 9.99. The van der Waals surface area contributed by atoms with Crippen LogP contribution in [0.15, 0.2) is 42.5 Å². The highest BCUT2D eigenvalue weighted by Gasteiger charge is 2.13. The first kappa shape index (κ1) is 25.6. The molecule has 0 saturated heterocycles. The molecule has 0 bridgehead atoms. The van der Waals surface area contributed by atoms with Gasteiger partial charge in [-0.25, -0.2) is 0 Å². The van der Waals surface area contributed by atoms with Crippen LogP contribution in [0.1, 0.15) is 22.3 Å². The van der Waals surface area contributed by atoms with Crippen LogP contribution in [0.5, 0.6) is 0 Å². The Morgan fingerprint density at radius 2 is 1.60 bits per heavy atom. The maximum Gasteiger partial charge on any atom is 0.243 e. The van der Waals surface area contributed by atoms with Gasteiger partial charge in [0.25, 0.3) is 0 Å². The van der Waals surface area contributed by atoms with Crippen molar-refractivity contribution in [3.05, 3.63) is 64.7 Å². The number of carbonyl (C=O) groups excluding carboxylic acids is 2. The number of hydrogen-bond donors (Lipinski definition) is 3. The van der Waals surface area contributed by atoms with Gasteiger partial charge in [0.05, 0.1) is 13.1 Å². The van der Waals surface area contributed by atoms with Gasteiger partial charge in [0.15, 0.2) is 0 Å². The molecular weight excluding hydrogens is 400 g/mol. The summed E-state index contributed by atoms with van der Waals surface area (Å²) < 4.78 is 0. The number of benzene rings is 2. The van der Waals surface area contributed by atoms with Crippen molar-refractivity contribution in [1.82, 2.24) is 10.2 Å². The molecule has 2 rings (SSSR count). The smallest absolute Gasteiger partial charge is 0.243 e. The molecule has 30 heavy (non-hydrogen) atoms. The predicted molar refractivity (Wildman–Crippen MR) is 125 cm³/mol. The molecule has 0 fully saturated rings. The Morgan fingerprint density at radius 1 is 0.967 bits per heavy atom. The van der Waals surface area contributed by atoms with Crippen LogP contribution in [0.25, 0.3) is 0 Å². The molecule has 7 heteroatoms. The number of carbonyl (C=O) groups is 2. The molecule has 4 N–H and O–H groups in total. The molecular formula is C23H33ClN4O2. The van der Waals surface area contributed by atoms with E-state index in [0.717, 1.165) is 35.3 Å². The lowest BCUT2D eigenvalue weighted by Gasteiger charge is -2.21. The average Bonchev–Trinajstić information content (AvgIpc) is 2.68. The Kier molecular flexibility index (Phi) is 11.1. The van der Waals surface area contributed by atoms with Crippen LogP contribution in [0.4, 0.5) is 5.69 Å². The third kappa shape index (κ3) is 8.53. The molecule has 2 aromatic carbocycles. The molecule has 0 heterocycles. The number of aryl methyl sites for hydroxylation is 3. The van der Waals surface area contributed by atoms with E-state index in [-0.39, 0.29) is 37.3 Å². The number of anilines is 1. The molecule has 0 aliphatic heterocycles. The summed E-state index contributed by atoms with van der Waals surface area (Å²) >= 11 is 0. The van der Waals surface area contributed by atoms with Crippen LogP contribution < -0.4 is 16.4 Å². The van der Waals surface area contributed by atoms with E-state index in [1.807, 2.05) is 56.0 Å². The molecule has 0 unspecified atom stereocenters. The highest BCUT2D eigenvalue weighted by molar-refractivity contribution is 5.96. The monoisotopic (exact) mass is 432 g/mol. The van der Waals surface area contributed by atoms with Crippen molar-refractivity contribution in [3.63, 3.8) is 0 Å². The van der Waals surface area contributed by atoms with Crippen LogP contribution in [-0.4, -0.2) is 49.4 Å². The third-order valence-electron chi connectivity index (χ3n) is 4.76. The number of nitrogens with one attached hydrogen (secondary N) is 2. The minimum absolute atomic E-state index is 0. The van der Waals surface area contributed by atoms with Gasteiger partial charge < -0.3 is 16.4 Å². The Morgan fingerprint density at radius 3 is 2.20 bits per heavy atom. The van der Waals surface area contributed by atoms with Crippen molar-refractivity contribution in [2.45, 2.75) is 27.2 Å². The van der Waals surface area contributed by atoms with E-state index in [4.69, 9.17) is 5.73 Å². The van der Waals surface area contributed by atoms with Gasteiger partial charge >= 0.3 is 0 Å². The van der Waals surface area contributed by atoms with Gasteiger partial charge in [-0.3, -0.25) is 14.5 Å². The third-order valence-corrected chi connectivity index (χ3v) is 4.76. The van der Waals surface area contributed by atoms with E-state index in [1.54, 1.807) is 0 Å². The van der Waals surface area contributed by atoms with Crippen LogP contribution in [0.3, 0.4) is 0 Å². The molecule has 0 saturated carbocycles. The summed E-state index contributed by atoms with van der Waals surface area (Å²) in [5.41, 5.74) is 10.9. The van der Waals surface area contributed by atoms with Gasteiger partial charge in [-0.15, -0.1) is 12.4 Å². The second-order valence-corrected chi connectivity index (χ2v) is 7.40. The van der Waals surface area contributed by atoms with Gasteiger partial charge in [-0.05, 0) is 43.9 Å². The highest BCUT2D eigenvalue weighted by atomic mass is 35.5. The summed E-state index contributed by atoms with van der Waals surface area (Å²) in [6, 6.07) is 14.2. The van der Waals surface area contributed by atoms with Gasteiger partial charge in [0.1, 0.15) is 0 Å². The van der Waals surface area contributed by atoms with Gasteiger partial charge in [0, 0.05) is 25.3 Å². The fourth-order valence-electron chi connectivity index (χ4n) is 3.38. The first-order chi connectivity index (χ1) is 13.9. The standard InChI is InChI=1S/C23H32N4O2.ClH/c1-17-13-18(2)23(19(3)14-17)26-21(28)15-25-22(29)16-27(12-10-24)11-9-20-7-5-4-6-8-20;/h4-8,13-14H,9-12,15-16,24H2,1-3H3,(H,25,29)(H,26,28);1H. The van der Waals surface area contributed by atoms with E-state index in [9.17, 15) is 9.59 Å². The number of hydrogen-bond acceptors (Lipinski definition) is 4. The van der Waals surface area contributed by atoms with Crippen LogP contribution in [-0.2, 0) is 16.0 Å². The van der Waals surface area contributed by atoms with E-state index in [1.165, 1.54) is 5.56 Å². The summed E-state index contributed by atoms with van der Waals surface area (Å²) in [5.74, 6) is -0.415. The van der Waals surface area contributed by atoms with Crippen LogP contribution >= 0.6 is 12.4 Å². The molecule has 2 amide bonds. The lowest BCUT2D eigenvalue weighted by Crippen LogP contribution is -2.42. The number of amides is 2. The maximum absolute atomic E-state index is 12.3. The molecule has 6 nitrogen and oxygen atoms in total. The molecule has 2 aromatic rings. The zero-order valence-corrected chi connectivity index (χ0v) is 18.8. The second kappa shape index (κ2) is 13.0. The zero-order chi connectivity index (χ0) is 21.2. The molecule has 0 spiro atoms. The second-order valence-electron chi connectivity index (χ2n) is 7.40. The summed E-state index contributed by atoms with van der Waals surface area (Å²) in [6.07, 6.45) is 0.848. The number of nitrogens with zero attached hydrogens (tertiary/aromatic N) is 1. The van der Waals surface area contributed by atoms with Gasteiger partial charge in [-0.1, -0.05) is 48.0 Å². The minimum atomic E-state index is -0.233. The van der Waals surface area contributed by atoms with Crippen molar-refractivity contribution in [1.29, 1.82) is 0 Å². The van der Waals surface area contributed by atoms with Crippen molar-refractivity contribution in [3.8, 4) is 0 Å². The summed E-state index contributed by atoms with van der Waals surface area (Å²) in [4.78, 5) is 26.6. The fraction of sp³-hybridized carbons (Fsp3) is 0.391. The molecule has 0 aliphatic carbocycles. The van der Waals surface area contributed by atoms with Crippen molar-refractivity contribution < 1.29 is 9.59 Å². The highest BCUT2D eigenvalue weighted by Crippen LogP contribution is 2.21. The number of halogens is 1. The zero-order valence-electron chi connectivity index (χ0n) is 18.0. The average molecular weight is 433 g/mol. The predicted octanol–water partition coefficient (Wildman–Crippen LogP) is 2.59.